The number of para-hydroxylation sites is 1. The fourth-order valence-electron chi connectivity index (χ4n) is 3.15. The van der Waals surface area contributed by atoms with Crippen LogP contribution >= 0.6 is 0 Å². The molecule has 0 saturated heterocycles. The first-order valence-electron chi connectivity index (χ1n) is 9.02. The Morgan fingerprint density at radius 3 is 2.79 bits per heavy atom. The summed E-state index contributed by atoms with van der Waals surface area (Å²) in [6.45, 7) is 8.06. The maximum Gasteiger partial charge on any atom is 0.158 e. The lowest BCUT2D eigenvalue weighted by atomic mass is 10.0. The van der Waals surface area contributed by atoms with Crippen LogP contribution in [0.15, 0.2) is 61.1 Å². The number of aromatic nitrogens is 4. The second-order valence-corrected chi connectivity index (χ2v) is 6.86. The van der Waals surface area contributed by atoms with Crippen LogP contribution in [0.1, 0.15) is 13.8 Å². The van der Waals surface area contributed by atoms with Gasteiger partial charge in [-0.3, -0.25) is 5.10 Å². The molecule has 2 heterocycles. The van der Waals surface area contributed by atoms with Crippen molar-refractivity contribution in [2.45, 2.75) is 19.9 Å². The second-order valence-electron chi connectivity index (χ2n) is 6.86. The van der Waals surface area contributed by atoms with Crippen LogP contribution in [0.2, 0.25) is 0 Å². The maximum atomic E-state index is 13.7. The average molecular weight is 376 g/mol. The van der Waals surface area contributed by atoms with Crippen molar-refractivity contribution in [2.24, 2.45) is 0 Å². The Morgan fingerprint density at radius 2 is 2.00 bits per heavy atom. The molecule has 0 radical (unpaired) electrons. The van der Waals surface area contributed by atoms with Gasteiger partial charge in [-0.15, -0.1) is 0 Å². The standard InChI is InChI=1S/C21H21FN6/c1-12(2)24-13(3)25-18-11-23-28-20(18)21-26-17-9-5-8-16(19(17)27-21)14-6-4-7-15(22)10-14/h4-12,24-25H,3H2,1-2H3,(H,23,28)(H,26,27). The van der Waals surface area contributed by atoms with Gasteiger partial charge in [0.2, 0.25) is 0 Å². The summed E-state index contributed by atoms with van der Waals surface area (Å²) in [5.41, 5.74) is 4.73. The molecule has 142 valence electrons. The van der Waals surface area contributed by atoms with E-state index in [2.05, 4.69) is 32.4 Å². The molecule has 0 aliphatic rings. The van der Waals surface area contributed by atoms with Gasteiger partial charge in [0.1, 0.15) is 11.5 Å². The third-order valence-corrected chi connectivity index (χ3v) is 4.27. The largest absolute Gasteiger partial charge is 0.370 e. The molecule has 0 aliphatic carbocycles. The third-order valence-electron chi connectivity index (χ3n) is 4.27. The van der Waals surface area contributed by atoms with E-state index in [1.807, 2.05) is 38.1 Å². The Hall–Kier alpha value is -3.61. The maximum absolute atomic E-state index is 13.7. The number of H-pyrrole nitrogens is 2. The predicted molar refractivity (Wildman–Crippen MR) is 110 cm³/mol. The molecule has 0 saturated carbocycles. The van der Waals surface area contributed by atoms with Gasteiger partial charge < -0.3 is 15.6 Å². The van der Waals surface area contributed by atoms with Crippen LogP contribution < -0.4 is 10.6 Å². The van der Waals surface area contributed by atoms with E-state index in [-0.39, 0.29) is 11.9 Å². The van der Waals surface area contributed by atoms with Gasteiger partial charge in [-0.25, -0.2) is 9.37 Å². The van der Waals surface area contributed by atoms with Gasteiger partial charge in [-0.1, -0.05) is 30.8 Å². The number of nitrogens with zero attached hydrogens (tertiary/aromatic N) is 2. The first-order chi connectivity index (χ1) is 13.5. The minimum Gasteiger partial charge on any atom is -0.370 e. The molecule has 0 bridgehead atoms. The molecule has 4 aromatic rings. The number of hydrogen-bond acceptors (Lipinski definition) is 4. The Bertz CT molecular complexity index is 1140. The summed E-state index contributed by atoms with van der Waals surface area (Å²) >= 11 is 0. The zero-order valence-corrected chi connectivity index (χ0v) is 15.7. The highest BCUT2D eigenvalue weighted by molar-refractivity contribution is 5.94. The number of nitrogens with one attached hydrogen (secondary N) is 4. The fraction of sp³-hybridized carbons (Fsp3) is 0.143. The van der Waals surface area contributed by atoms with E-state index in [0.29, 0.717) is 17.3 Å². The van der Waals surface area contributed by atoms with Crippen molar-refractivity contribution in [2.75, 3.05) is 5.32 Å². The Labute approximate surface area is 161 Å². The molecule has 0 fully saturated rings. The number of fused-ring (bicyclic) bond motifs is 1. The molecule has 0 aliphatic heterocycles. The highest BCUT2D eigenvalue weighted by atomic mass is 19.1. The van der Waals surface area contributed by atoms with E-state index in [1.54, 1.807) is 12.3 Å². The second kappa shape index (κ2) is 7.19. The van der Waals surface area contributed by atoms with Crippen LogP contribution in [0.3, 0.4) is 0 Å². The van der Waals surface area contributed by atoms with E-state index in [1.165, 1.54) is 12.1 Å². The highest BCUT2D eigenvalue weighted by Crippen LogP contribution is 2.31. The van der Waals surface area contributed by atoms with Crippen molar-refractivity contribution >= 4 is 16.7 Å². The molecular formula is C21H21FN6. The Kier molecular flexibility index (Phi) is 4.57. The molecule has 7 heteroatoms. The molecule has 6 nitrogen and oxygen atoms in total. The van der Waals surface area contributed by atoms with Gasteiger partial charge in [0.25, 0.3) is 0 Å². The summed E-state index contributed by atoms with van der Waals surface area (Å²) in [4.78, 5) is 8.06. The zero-order chi connectivity index (χ0) is 19.7. The van der Waals surface area contributed by atoms with Crippen molar-refractivity contribution in [1.82, 2.24) is 25.5 Å². The summed E-state index contributed by atoms with van der Waals surface area (Å²) in [5, 5.41) is 13.5. The minimum absolute atomic E-state index is 0.260. The molecule has 2 aromatic heterocycles. The molecule has 28 heavy (non-hydrogen) atoms. The van der Waals surface area contributed by atoms with Gasteiger partial charge in [-0.05, 0) is 37.6 Å². The van der Waals surface area contributed by atoms with E-state index in [9.17, 15) is 4.39 Å². The van der Waals surface area contributed by atoms with Crippen molar-refractivity contribution in [3.63, 3.8) is 0 Å². The summed E-state index contributed by atoms with van der Waals surface area (Å²) in [6, 6.07) is 12.6. The van der Waals surface area contributed by atoms with E-state index in [0.717, 1.165) is 27.8 Å². The van der Waals surface area contributed by atoms with Crippen molar-refractivity contribution in [3.8, 4) is 22.6 Å². The van der Waals surface area contributed by atoms with E-state index >= 15 is 0 Å². The topological polar surface area (TPSA) is 81.4 Å². The number of benzene rings is 2. The molecular weight excluding hydrogens is 355 g/mol. The smallest absolute Gasteiger partial charge is 0.158 e. The summed E-state index contributed by atoms with van der Waals surface area (Å²) in [7, 11) is 0. The van der Waals surface area contributed by atoms with Crippen molar-refractivity contribution in [3.05, 3.63) is 66.9 Å². The molecule has 4 rings (SSSR count). The van der Waals surface area contributed by atoms with Gasteiger partial charge in [-0.2, -0.15) is 5.10 Å². The highest BCUT2D eigenvalue weighted by Gasteiger charge is 2.15. The molecule has 0 amide bonds. The summed E-state index contributed by atoms with van der Waals surface area (Å²) in [5.74, 6) is 1.03. The van der Waals surface area contributed by atoms with E-state index < -0.39 is 0 Å². The lowest BCUT2D eigenvalue weighted by Gasteiger charge is -2.14. The summed E-state index contributed by atoms with van der Waals surface area (Å²) in [6.07, 6.45) is 1.68. The van der Waals surface area contributed by atoms with Gasteiger partial charge in [0, 0.05) is 11.6 Å². The summed E-state index contributed by atoms with van der Waals surface area (Å²) < 4.78 is 13.7. The van der Waals surface area contributed by atoms with E-state index in [4.69, 9.17) is 4.98 Å². The lowest BCUT2D eigenvalue weighted by Crippen LogP contribution is -2.25. The Balaban J connectivity index is 1.73. The number of anilines is 1. The first kappa shape index (κ1) is 17.8. The monoisotopic (exact) mass is 376 g/mol. The minimum atomic E-state index is -0.276. The van der Waals surface area contributed by atoms with Gasteiger partial charge >= 0.3 is 0 Å². The molecule has 2 aromatic carbocycles. The molecule has 0 spiro atoms. The van der Waals surface area contributed by atoms with Crippen LogP contribution in [-0.2, 0) is 0 Å². The number of aromatic amines is 2. The number of halogens is 1. The molecule has 4 N–H and O–H groups in total. The lowest BCUT2D eigenvalue weighted by molar-refractivity contribution is 0.628. The van der Waals surface area contributed by atoms with Crippen LogP contribution in [0, 0.1) is 5.82 Å². The average Bonchev–Trinajstić information content (AvgIpc) is 3.26. The van der Waals surface area contributed by atoms with Crippen LogP contribution in [0.5, 0.6) is 0 Å². The molecule has 0 unspecified atom stereocenters. The van der Waals surface area contributed by atoms with Crippen molar-refractivity contribution in [1.29, 1.82) is 0 Å². The normalized spacial score (nSPS) is 11.1. The fourth-order valence-corrected chi connectivity index (χ4v) is 3.15. The zero-order valence-electron chi connectivity index (χ0n) is 15.7. The number of imidazole rings is 1. The SMILES string of the molecule is C=C(Nc1cn[nH]c1-c1nc2c(-c3cccc(F)c3)cccc2[nH]1)NC(C)C. The number of hydrogen-bond donors (Lipinski definition) is 4. The number of rotatable bonds is 6. The van der Waals surface area contributed by atoms with Gasteiger partial charge in [0.15, 0.2) is 5.82 Å². The van der Waals surface area contributed by atoms with Crippen molar-refractivity contribution < 1.29 is 4.39 Å². The van der Waals surface area contributed by atoms with Crippen LogP contribution in [0.4, 0.5) is 10.1 Å². The quantitative estimate of drug-likeness (QED) is 0.395. The third kappa shape index (κ3) is 3.46. The first-order valence-corrected chi connectivity index (χ1v) is 9.02. The Morgan fingerprint density at radius 1 is 1.18 bits per heavy atom. The molecule has 0 atom stereocenters. The van der Waals surface area contributed by atoms with Crippen LogP contribution in [-0.4, -0.2) is 26.2 Å². The predicted octanol–water partition coefficient (Wildman–Crippen LogP) is 4.64. The van der Waals surface area contributed by atoms with Gasteiger partial charge in [0.05, 0.1) is 28.7 Å². The van der Waals surface area contributed by atoms with Crippen LogP contribution in [0.25, 0.3) is 33.7 Å².